The second-order valence-electron chi connectivity index (χ2n) is 2.22. The molecule has 1 aromatic carbocycles. The van der Waals surface area contributed by atoms with Crippen LogP contribution in [0.4, 0.5) is 5.69 Å². The van der Waals surface area contributed by atoms with Gasteiger partial charge >= 0.3 is 0 Å². The molecule has 11 heavy (non-hydrogen) atoms. The first-order chi connectivity index (χ1) is 5.33. The van der Waals surface area contributed by atoms with Crippen LogP contribution in [0.1, 0.15) is 5.56 Å². The van der Waals surface area contributed by atoms with Crippen LogP contribution in [0.3, 0.4) is 0 Å². The molecule has 1 rings (SSSR count). The molecule has 2 nitrogen and oxygen atoms in total. The van der Waals surface area contributed by atoms with E-state index >= 15 is 0 Å². The second-order valence-corrected chi connectivity index (χ2v) is 2.22. The van der Waals surface area contributed by atoms with Crippen molar-refractivity contribution in [1.82, 2.24) is 0 Å². The Morgan fingerprint density at radius 2 is 2.00 bits per heavy atom. The number of benzene rings is 1. The minimum absolute atomic E-state index is 0.559. The van der Waals surface area contributed by atoms with E-state index in [0.717, 1.165) is 11.3 Å². The average Bonchev–Trinajstić information content (AvgIpc) is 2.04. The summed E-state index contributed by atoms with van der Waals surface area (Å²) in [6, 6.07) is 7.56. The lowest BCUT2D eigenvalue weighted by Gasteiger charge is -2.00. The highest BCUT2D eigenvalue weighted by Crippen LogP contribution is 2.06. The summed E-state index contributed by atoms with van der Waals surface area (Å²) >= 11 is 0. The number of hydrogen-bond donors (Lipinski definition) is 1. The van der Waals surface area contributed by atoms with E-state index in [2.05, 4.69) is 6.58 Å². The first-order valence-corrected chi connectivity index (χ1v) is 3.40. The van der Waals surface area contributed by atoms with Gasteiger partial charge in [-0.1, -0.05) is 18.7 Å². The van der Waals surface area contributed by atoms with E-state index in [-0.39, 0.29) is 0 Å². The van der Waals surface area contributed by atoms with E-state index in [1.54, 1.807) is 0 Å². The van der Waals surface area contributed by atoms with Gasteiger partial charge in [0.05, 0.1) is 6.26 Å². The zero-order chi connectivity index (χ0) is 8.10. The monoisotopic (exact) mass is 149 g/mol. The van der Waals surface area contributed by atoms with Gasteiger partial charge in [-0.3, -0.25) is 0 Å². The van der Waals surface area contributed by atoms with Crippen molar-refractivity contribution in [3.8, 4) is 0 Å². The molecule has 0 aromatic heterocycles. The highest BCUT2D eigenvalue weighted by atomic mass is 16.5. The second kappa shape index (κ2) is 3.66. The average molecular weight is 149 g/mol. The lowest BCUT2D eigenvalue weighted by molar-refractivity contribution is 0.238. The summed E-state index contributed by atoms with van der Waals surface area (Å²) in [5.74, 6) is 0. The fourth-order valence-corrected chi connectivity index (χ4v) is 0.769. The van der Waals surface area contributed by atoms with Crippen molar-refractivity contribution in [2.24, 2.45) is 0 Å². The molecule has 2 N–H and O–H groups in total. The molecule has 58 valence electrons. The van der Waals surface area contributed by atoms with Crippen molar-refractivity contribution in [2.75, 3.05) is 5.73 Å². The molecule has 2 heteroatoms. The Balaban J connectivity index is 2.58. The molecule has 0 unspecified atom stereocenters. The third-order valence-electron chi connectivity index (χ3n) is 1.35. The summed E-state index contributed by atoms with van der Waals surface area (Å²) < 4.78 is 4.98. The molecular formula is C9H11NO. The van der Waals surface area contributed by atoms with Crippen LogP contribution in [0.15, 0.2) is 37.1 Å². The Bertz CT molecular complexity index is 228. The highest BCUT2D eigenvalue weighted by Gasteiger charge is 1.89. The Kier molecular flexibility index (Phi) is 2.55. The zero-order valence-electron chi connectivity index (χ0n) is 6.29. The quantitative estimate of drug-likeness (QED) is 0.526. The molecule has 1 aromatic rings. The molecule has 0 fully saturated rings. The van der Waals surface area contributed by atoms with Crippen molar-refractivity contribution in [3.63, 3.8) is 0 Å². The fraction of sp³-hybridized carbons (Fsp3) is 0.111. The number of nitrogens with two attached hydrogens (primary N) is 1. The van der Waals surface area contributed by atoms with Crippen LogP contribution in [0.5, 0.6) is 0 Å². The highest BCUT2D eigenvalue weighted by molar-refractivity contribution is 5.39. The first-order valence-electron chi connectivity index (χ1n) is 3.40. The van der Waals surface area contributed by atoms with Gasteiger partial charge in [0.25, 0.3) is 0 Å². The number of rotatable bonds is 3. The van der Waals surface area contributed by atoms with E-state index in [0.29, 0.717) is 6.61 Å². The summed E-state index contributed by atoms with van der Waals surface area (Å²) in [7, 11) is 0. The third-order valence-corrected chi connectivity index (χ3v) is 1.35. The van der Waals surface area contributed by atoms with Crippen molar-refractivity contribution < 1.29 is 4.74 Å². The van der Waals surface area contributed by atoms with Gasteiger partial charge in [-0.2, -0.15) is 0 Å². The van der Waals surface area contributed by atoms with Crippen molar-refractivity contribution in [1.29, 1.82) is 0 Å². The molecule has 0 aliphatic carbocycles. The van der Waals surface area contributed by atoms with E-state index in [4.69, 9.17) is 10.5 Å². The number of nitrogen functional groups attached to an aromatic ring is 1. The lowest BCUT2D eigenvalue weighted by atomic mass is 10.2. The van der Waals surface area contributed by atoms with Gasteiger partial charge in [0, 0.05) is 5.69 Å². The maximum absolute atomic E-state index is 5.49. The van der Waals surface area contributed by atoms with Gasteiger partial charge in [0.2, 0.25) is 0 Å². The minimum atomic E-state index is 0.559. The molecule has 0 atom stereocenters. The molecular weight excluding hydrogens is 138 g/mol. The van der Waals surface area contributed by atoms with E-state index in [1.807, 2.05) is 24.3 Å². The van der Waals surface area contributed by atoms with E-state index < -0.39 is 0 Å². The first kappa shape index (κ1) is 7.66. The summed E-state index contributed by atoms with van der Waals surface area (Å²) in [4.78, 5) is 0. The van der Waals surface area contributed by atoms with Crippen LogP contribution in [-0.2, 0) is 11.3 Å². The maximum atomic E-state index is 5.49. The Morgan fingerprint density at radius 1 is 1.36 bits per heavy atom. The summed E-state index contributed by atoms with van der Waals surface area (Å²) in [6.07, 6.45) is 1.43. The molecule has 0 heterocycles. The third kappa shape index (κ3) is 2.34. The number of anilines is 1. The standard InChI is InChI=1S/C9H11NO/c1-2-11-7-8-3-5-9(10)6-4-8/h2-6H,1,7,10H2. The predicted molar refractivity (Wildman–Crippen MR) is 45.8 cm³/mol. The Hall–Kier alpha value is -1.44. The van der Waals surface area contributed by atoms with Crippen LogP contribution in [0, 0.1) is 0 Å². The smallest absolute Gasteiger partial charge is 0.112 e. The van der Waals surface area contributed by atoms with E-state index in [9.17, 15) is 0 Å². The van der Waals surface area contributed by atoms with Gasteiger partial charge in [-0.25, -0.2) is 0 Å². The molecule has 0 saturated heterocycles. The fourth-order valence-electron chi connectivity index (χ4n) is 0.769. The molecule has 0 bridgehead atoms. The molecule has 0 spiro atoms. The molecule has 0 radical (unpaired) electrons. The molecule has 0 aliphatic rings. The van der Waals surface area contributed by atoms with Crippen LogP contribution < -0.4 is 5.73 Å². The lowest BCUT2D eigenvalue weighted by Crippen LogP contribution is -1.88. The van der Waals surface area contributed by atoms with Crippen LogP contribution in [0.25, 0.3) is 0 Å². The molecule has 0 amide bonds. The summed E-state index contributed by atoms with van der Waals surface area (Å²) in [5.41, 5.74) is 7.36. The van der Waals surface area contributed by atoms with Gasteiger partial charge in [0.1, 0.15) is 6.61 Å². The Labute approximate surface area is 66.3 Å². The van der Waals surface area contributed by atoms with Gasteiger partial charge in [-0.15, -0.1) is 0 Å². The van der Waals surface area contributed by atoms with Gasteiger partial charge in [-0.05, 0) is 17.7 Å². The summed E-state index contributed by atoms with van der Waals surface area (Å²) in [6.45, 7) is 4.01. The normalized spacial score (nSPS) is 9.09. The largest absolute Gasteiger partial charge is 0.497 e. The maximum Gasteiger partial charge on any atom is 0.112 e. The van der Waals surface area contributed by atoms with Crippen molar-refractivity contribution in [2.45, 2.75) is 6.61 Å². The topological polar surface area (TPSA) is 35.2 Å². The van der Waals surface area contributed by atoms with Crippen LogP contribution in [-0.4, -0.2) is 0 Å². The minimum Gasteiger partial charge on any atom is -0.497 e. The SMILES string of the molecule is C=COCc1ccc(N)cc1. The zero-order valence-corrected chi connectivity index (χ0v) is 6.29. The van der Waals surface area contributed by atoms with E-state index in [1.165, 1.54) is 6.26 Å². The van der Waals surface area contributed by atoms with Gasteiger partial charge in [0.15, 0.2) is 0 Å². The molecule has 0 aliphatic heterocycles. The van der Waals surface area contributed by atoms with Gasteiger partial charge < -0.3 is 10.5 Å². The molecule has 0 saturated carbocycles. The summed E-state index contributed by atoms with van der Waals surface area (Å²) in [5, 5.41) is 0. The van der Waals surface area contributed by atoms with Crippen LogP contribution >= 0.6 is 0 Å². The van der Waals surface area contributed by atoms with Crippen molar-refractivity contribution in [3.05, 3.63) is 42.7 Å². The van der Waals surface area contributed by atoms with Crippen molar-refractivity contribution >= 4 is 5.69 Å². The van der Waals surface area contributed by atoms with Crippen LogP contribution in [0.2, 0.25) is 0 Å². The Morgan fingerprint density at radius 3 is 2.55 bits per heavy atom. The number of ether oxygens (including phenoxy) is 1. The predicted octanol–water partition coefficient (Wildman–Crippen LogP) is 1.93. The number of hydrogen-bond acceptors (Lipinski definition) is 2.